The minimum atomic E-state index is 0.147. The number of nitrogens with zero attached hydrogens (tertiary/aromatic N) is 2. The van der Waals surface area contributed by atoms with Gasteiger partial charge in [-0.3, -0.25) is 0 Å². The van der Waals surface area contributed by atoms with Gasteiger partial charge >= 0.3 is 0 Å². The summed E-state index contributed by atoms with van der Waals surface area (Å²) in [5.74, 6) is 0.372. The fourth-order valence-electron chi connectivity index (χ4n) is 10.2. The molecule has 0 radical (unpaired) electrons. The van der Waals surface area contributed by atoms with Crippen molar-refractivity contribution in [2.45, 2.75) is 24.8 Å². The number of fused-ring (bicyclic) bond motifs is 9. The lowest BCUT2D eigenvalue weighted by atomic mass is 9.90. The maximum Gasteiger partial charge on any atom is 0.0566 e. The standard InChI is InChI=1S/C60H42N2S3/c1-3-12-39(13-4-1)40-22-26-43(27-23-40)61(44-28-24-41(25-29-44)48-18-11-19-52-49-16-7-10-21-56(49)65-60(48)52)45-31-35-58-54(36-45)51-33-30-47(38-59(51)64-58)62(42-14-5-2-6-15-42)46-32-34-57-53(37-46)50-17-8-9-20-55(50)63-57/h1-22,24-35,37-38,40,45H,23,36H2. The summed E-state index contributed by atoms with van der Waals surface area (Å²) in [5, 5.41) is 6.63. The van der Waals surface area contributed by atoms with Gasteiger partial charge in [0, 0.05) is 84.3 Å². The molecule has 13 rings (SSSR count). The van der Waals surface area contributed by atoms with Gasteiger partial charge in [0.15, 0.2) is 0 Å². The largest absolute Gasteiger partial charge is 0.334 e. The first kappa shape index (κ1) is 38.4. The number of rotatable bonds is 8. The number of benzene rings is 8. The van der Waals surface area contributed by atoms with Crippen LogP contribution in [0.25, 0.3) is 67.6 Å². The molecule has 0 aliphatic heterocycles. The van der Waals surface area contributed by atoms with Crippen LogP contribution in [0, 0.1) is 0 Å². The highest BCUT2D eigenvalue weighted by Crippen LogP contribution is 2.46. The minimum Gasteiger partial charge on any atom is -0.334 e. The lowest BCUT2D eigenvalue weighted by Gasteiger charge is -2.36. The maximum atomic E-state index is 2.58. The lowest BCUT2D eigenvalue weighted by molar-refractivity contribution is 0.736. The van der Waals surface area contributed by atoms with Crippen molar-refractivity contribution in [2.75, 3.05) is 9.80 Å². The number of thiophene rings is 3. The first-order valence-electron chi connectivity index (χ1n) is 22.4. The zero-order chi connectivity index (χ0) is 42.8. The predicted octanol–water partition coefficient (Wildman–Crippen LogP) is 17.8. The van der Waals surface area contributed by atoms with Gasteiger partial charge in [0.05, 0.1) is 6.04 Å². The van der Waals surface area contributed by atoms with Crippen molar-refractivity contribution in [3.8, 4) is 11.1 Å². The summed E-state index contributed by atoms with van der Waals surface area (Å²) in [6, 6.07) is 69.6. The molecule has 3 heterocycles. The SMILES string of the molecule is C1=CC(c2ccccc2)CC=C1N(c1ccc(-c2cccc3c2sc2ccccc23)cc1)C1C=Cc2sc3cc(N(c4ccccc4)c4ccc5sc6ccccc6c5c4)ccc3c2C1. The van der Waals surface area contributed by atoms with Gasteiger partial charge < -0.3 is 9.80 Å². The first-order valence-corrected chi connectivity index (χ1v) is 24.9. The number of hydrogen-bond donors (Lipinski definition) is 0. The van der Waals surface area contributed by atoms with Crippen molar-refractivity contribution in [2.24, 2.45) is 0 Å². The number of hydrogen-bond acceptors (Lipinski definition) is 5. The second-order valence-corrected chi connectivity index (χ2v) is 20.4. The Bertz CT molecular complexity index is 3680. The molecule has 65 heavy (non-hydrogen) atoms. The van der Waals surface area contributed by atoms with Crippen LogP contribution >= 0.6 is 34.0 Å². The van der Waals surface area contributed by atoms with E-state index in [4.69, 9.17) is 0 Å². The molecule has 0 saturated heterocycles. The molecule has 310 valence electrons. The van der Waals surface area contributed by atoms with E-state index >= 15 is 0 Å². The third-order valence-corrected chi connectivity index (χ3v) is 16.9. The maximum absolute atomic E-state index is 2.58. The van der Waals surface area contributed by atoms with Crippen LogP contribution in [0.3, 0.4) is 0 Å². The fraction of sp³-hybridized carbons (Fsp3) is 0.0667. The van der Waals surface area contributed by atoms with Crippen LogP contribution in [-0.2, 0) is 6.42 Å². The summed E-state index contributed by atoms with van der Waals surface area (Å²) in [4.78, 5) is 6.36. The quantitative estimate of drug-likeness (QED) is 0.150. The van der Waals surface area contributed by atoms with Gasteiger partial charge in [-0.05, 0) is 119 Å². The monoisotopic (exact) mass is 886 g/mol. The molecule has 8 aromatic carbocycles. The van der Waals surface area contributed by atoms with Crippen LogP contribution in [0.15, 0.2) is 218 Å². The summed E-state index contributed by atoms with van der Waals surface area (Å²) in [5.41, 5.74) is 11.3. The second kappa shape index (κ2) is 15.9. The lowest BCUT2D eigenvalue weighted by Crippen LogP contribution is -2.36. The molecule has 5 heteroatoms. The third kappa shape index (κ3) is 6.73. The topological polar surface area (TPSA) is 6.48 Å². The molecule has 0 amide bonds. The average Bonchev–Trinajstić information content (AvgIpc) is 4.06. The van der Waals surface area contributed by atoms with Crippen molar-refractivity contribution in [3.63, 3.8) is 0 Å². The normalized spacial score (nSPS) is 15.8. The number of anilines is 4. The van der Waals surface area contributed by atoms with Crippen molar-refractivity contribution in [3.05, 3.63) is 234 Å². The van der Waals surface area contributed by atoms with E-state index in [0.717, 1.165) is 18.5 Å². The predicted molar refractivity (Wildman–Crippen MR) is 284 cm³/mol. The van der Waals surface area contributed by atoms with E-state index in [1.54, 1.807) is 0 Å². The highest BCUT2D eigenvalue weighted by Gasteiger charge is 2.28. The smallest absolute Gasteiger partial charge is 0.0566 e. The fourth-order valence-corrected chi connectivity index (χ4v) is 13.7. The molecule has 2 aliphatic rings. The Kier molecular flexibility index (Phi) is 9.40. The highest BCUT2D eigenvalue weighted by molar-refractivity contribution is 7.26. The highest BCUT2D eigenvalue weighted by atomic mass is 32.1. The molecular formula is C60H42N2S3. The third-order valence-electron chi connectivity index (χ3n) is 13.4. The molecule has 2 nitrogen and oxygen atoms in total. The van der Waals surface area contributed by atoms with Gasteiger partial charge in [-0.25, -0.2) is 0 Å². The summed E-state index contributed by atoms with van der Waals surface area (Å²) in [6.45, 7) is 0. The Morgan fingerprint density at radius 1 is 0.446 bits per heavy atom. The van der Waals surface area contributed by atoms with E-state index in [1.165, 1.54) is 100 Å². The van der Waals surface area contributed by atoms with Crippen molar-refractivity contribution in [1.29, 1.82) is 0 Å². The summed E-state index contributed by atoms with van der Waals surface area (Å²) < 4.78 is 6.64. The molecule has 0 spiro atoms. The molecule has 0 N–H and O–H groups in total. The van der Waals surface area contributed by atoms with Gasteiger partial charge in [-0.1, -0.05) is 140 Å². The van der Waals surface area contributed by atoms with Crippen LogP contribution in [-0.4, -0.2) is 6.04 Å². The van der Waals surface area contributed by atoms with Gasteiger partial charge in [-0.15, -0.1) is 34.0 Å². The molecule has 2 atom stereocenters. The molecule has 0 bridgehead atoms. The number of allylic oxidation sites excluding steroid dienone is 3. The van der Waals surface area contributed by atoms with Crippen molar-refractivity contribution < 1.29 is 0 Å². The van der Waals surface area contributed by atoms with Gasteiger partial charge in [0.1, 0.15) is 0 Å². The molecule has 2 aliphatic carbocycles. The summed E-state index contributed by atoms with van der Waals surface area (Å²) in [6.07, 6.45) is 14.0. The van der Waals surface area contributed by atoms with Crippen LogP contribution in [0.5, 0.6) is 0 Å². The van der Waals surface area contributed by atoms with Gasteiger partial charge in [-0.2, -0.15) is 0 Å². The molecule has 0 fully saturated rings. The zero-order valence-electron chi connectivity index (χ0n) is 35.5. The van der Waals surface area contributed by atoms with E-state index in [9.17, 15) is 0 Å². The van der Waals surface area contributed by atoms with E-state index in [-0.39, 0.29) is 6.04 Å². The molecular weight excluding hydrogens is 845 g/mol. The Morgan fingerprint density at radius 3 is 1.92 bits per heavy atom. The summed E-state index contributed by atoms with van der Waals surface area (Å²) in [7, 11) is 0. The van der Waals surface area contributed by atoms with E-state index in [2.05, 4.69) is 228 Å². The Balaban J connectivity index is 0.862. The van der Waals surface area contributed by atoms with Gasteiger partial charge in [0.2, 0.25) is 0 Å². The second-order valence-electron chi connectivity index (χ2n) is 17.1. The molecule has 11 aromatic rings. The average molecular weight is 887 g/mol. The van der Waals surface area contributed by atoms with Crippen LogP contribution in [0.4, 0.5) is 22.7 Å². The first-order chi connectivity index (χ1) is 32.2. The van der Waals surface area contributed by atoms with Crippen LogP contribution < -0.4 is 9.80 Å². The van der Waals surface area contributed by atoms with E-state index < -0.39 is 0 Å². The summed E-state index contributed by atoms with van der Waals surface area (Å²) >= 11 is 5.67. The number of para-hydroxylation sites is 1. The minimum absolute atomic E-state index is 0.147. The van der Waals surface area contributed by atoms with E-state index in [0.29, 0.717) is 5.92 Å². The Labute approximate surface area is 390 Å². The van der Waals surface area contributed by atoms with E-state index in [1.807, 2.05) is 34.0 Å². The van der Waals surface area contributed by atoms with Crippen molar-refractivity contribution in [1.82, 2.24) is 0 Å². The zero-order valence-corrected chi connectivity index (χ0v) is 37.9. The van der Waals surface area contributed by atoms with Crippen LogP contribution in [0.1, 0.15) is 28.3 Å². The molecule has 0 saturated carbocycles. The van der Waals surface area contributed by atoms with Gasteiger partial charge in [0.25, 0.3) is 0 Å². The van der Waals surface area contributed by atoms with Crippen molar-refractivity contribution >= 4 is 113 Å². The Hall–Kier alpha value is -7.02. The Morgan fingerprint density at radius 2 is 1.12 bits per heavy atom. The van der Waals surface area contributed by atoms with Crippen LogP contribution in [0.2, 0.25) is 0 Å². The molecule has 3 aromatic heterocycles. The molecule has 2 unspecified atom stereocenters.